The molecule has 0 saturated carbocycles. The van der Waals surface area contributed by atoms with E-state index in [0.717, 1.165) is 19.3 Å². The largest absolute Gasteiger partial charge is 0.477 e. The lowest BCUT2D eigenvalue weighted by atomic mass is 10.0. The minimum absolute atomic E-state index is 0.294. The Morgan fingerprint density at radius 3 is 1.62 bits per heavy atom. The highest BCUT2D eigenvalue weighted by Gasteiger charge is 2.37. The van der Waals surface area contributed by atoms with Crippen LogP contribution in [0.15, 0.2) is 30.3 Å². The van der Waals surface area contributed by atoms with Crippen LogP contribution in [0.3, 0.4) is 0 Å². The van der Waals surface area contributed by atoms with Crippen molar-refractivity contribution in [2.45, 2.75) is 95.8 Å². The van der Waals surface area contributed by atoms with Crippen molar-refractivity contribution in [1.82, 2.24) is 0 Å². The molecular weight excluding hydrogens is 334 g/mol. The van der Waals surface area contributed by atoms with E-state index in [9.17, 15) is 13.6 Å². The van der Waals surface area contributed by atoms with Gasteiger partial charge in [-0.1, -0.05) is 94.5 Å². The molecule has 0 aliphatic carbocycles. The second-order valence-electron chi connectivity index (χ2n) is 7.24. The lowest BCUT2D eigenvalue weighted by molar-refractivity contribution is -0.165. The fourth-order valence-corrected chi connectivity index (χ4v) is 3.20. The third-order valence-electron chi connectivity index (χ3n) is 4.86. The van der Waals surface area contributed by atoms with Gasteiger partial charge in [0.2, 0.25) is 0 Å². The molecule has 148 valence electrons. The van der Waals surface area contributed by atoms with Gasteiger partial charge in [-0.25, -0.2) is 4.79 Å². The van der Waals surface area contributed by atoms with Crippen LogP contribution in [-0.2, 0) is 11.2 Å². The third-order valence-corrected chi connectivity index (χ3v) is 4.86. The van der Waals surface area contributed by atoms with Crippen molar-refractivity contribution in [2.24, 2.45) is 0 Å². The molecule has 0 saturated heterocycles. The number of carboxylic acid groups (broad SMARTS) is 1. The first-order valence-electron chi connectivity index (χ1n) is 10.2. The Kier molecular flexibility index (Phi) is 11.9. The third kappa shape index (κ3) is 11.2. The number of unbranched alkanes of at least 4 members (excludes halogenated alkanes) is 11. The molecule has 2 nitrogen and oxygen atoms in total. The van der Waals surface area contributed by atoms with Crippen LogP contribution in [0.2, 0.25) is 0 Å². The maximum absolute atomic E-state index is 12.9. The SMILES string of the molecule is O=C(O)C(F)(F)CCCCCCCCCCCCCCc1ccccc1. The summed E-state index contributed by atoms with van der Waals surface area (Å²) in [5.41, 5.74) is 1.43. The van der Waals surface area contributed by atoms with E-state index in [4.69, 9.17) is 5.11 Å². The van der Waals surface area contributed by atoms with Crippen molar-refractivity contribution in [2.75, 3.05) is 0 Å². The smallest absolute Gasteiger partial charge is 0.374 e. The van der Waals surface area contributed by atoms with Gasteiger partial charge in [0.05, 0.1) is 0 Å². The van der Waals surface area contributed by atoms with Crippen molar-refractivity contribution in [3.8, 4) is 0 Å². The number of aryl methyl sites for hydroxylation is 1. The number of benzene rings is 1. The van der Waals surface area contributed by atoms with Crippen LogP contribution in [0.5, 0.6) is 0 Å². The number of hydrogen-bond donors (Lipinski definition) is 1. The van der Waals surface area contributed by atoms with Crippen molar-refractivity contribution in [3.05, 3.63) is 35.9 Å². The minimum Gasteiger partial charge on any atom is -0.477 e. The average Bonchev–Trinajstić information content (AvgIpc) is 2.62. The first kappa shape index (κ1) is 22.6. The summed E-state index contributed by atoms with van der Waals surface area (Å²) in [5.74, 6) is -5.56. The number of aliphatic carboxylic acids is 1. The zero-order valence-corrected chi connectivity index (χ0v) is 15.9. The van der Waals surface area contributed by atoms with E-state index in [-0.39, 0.29) is 0 Å². The summed E-state index contributed by atoms with van der Waals surface area (Å²) in [5, 5.41) is 8.33. The molecule has 1 aromatic rings. The van der Waals surface area contributed by atoms with Crippen LogP contribution in [0, 0.1) is 0 Å². The average molecular weight is 369 g/mol. The van der Waals surface area contributed by atoms with Crippen molar-refractivity contribution >= 4 is 5.97 Å². The summed E-state index contributed by atoms with van der Waals surface area (Å²) in [6, 6.07) is 10.6. The Balaban J connectivity index is 1.79. The number of alkyl halides is 2. The van der Waals surface area contributed by atoms with Crippen molar-refractivity contribution in [3.63, 3.8) is 0 Å². The molecule has 0 aliphatic rings. The molecule has 0 fully saturated rings. The normalized spacial score (nSPS) is 11.6. The van der Waals surface area contributed by atoms with Gasteiger partial charge in [-0.15, -0.1) is 0 Å². The van der Waals surface area contributed by atoms with E-state index in [0.29, 0.717) is 12.8 Å². The Bertz CT molecular complexity index is 474. The molecule has 26 heavy (non-hydrogen) atoms. The van der Waals surface area contributed by atoms with Crippen LogP contribution < -0.4 is 0 Å². The van der Waals surface area contributed by atoms with Crippen molar-refractivity contribution in [1.29, 1.82) is 0 Å². The van der Waals surface area contributed by atoms with Crippen molar-refractivity contribution < 1.29 is 18.7 Å². The summed E-state index contributed by atoms with van der Waals surface area (Å²) >= 11 is 0. The second kappa shape index (κ2) is 13.7. The first-order chi connectivity index (χ1) is 12.5. The number of rotatable bonds is 16. The fourth-order valence-electron chi connectivity index (χ4n) is 3.20. The molecular formula is C22H34F2O2. The standard InChI is InChI=1S/C22H34F2O2/c23-22(24,21(25)26)19-15-10-8-6-4-2-1-3-5-7-9-12-16-20-17-13-11-14-18-20/h11,13-14,17-18H,1-10,12,15-16,19H2,(H,25,26). The second-order valence-corrected chi connectivity index (χ2v) is 7.24. The van der Waals surface area contributed by atoms with Crippen LogP contribution in [0.4, 0.5) is 8.78 Å². The van der Waals surface area contributed by atoms with Crippen LogP contribution in [-0.4, -0.2) is 17.0 Å². The van der Waals surface area contributed by atoms with E-state index >= 15 is 0 Å². The topological polar surface area (TPSA) is 37.3 Å². The van der Waals surface area contributed by atoms with Gasteiger partial charge in [0.15, 0.2) is 0 Å². The maximum Gasteiger partial charge on any atom is 0.374 e. The highest BCUT2D eigenvalue weighted by molar-refractivity contribution is 5.75. The Hall–Kier alpha value is -1.45. The maximum atomic E-state index is 12.9. The monoisotopic (exact) mass is 368 g/mol. The van der Waals surface area contributed by atoms with E-state index < -0.39 is 18.3 Å². The molecule has 0 unspecified atom stereocenters. The molecule has 4 heteroatoms. The van der Waals surface area contributed by atoms with E-state index in [1.54, 1.807) is 0 Å². The van der Waals surface area contributed by atoms with Crippen LogP contribution in [0.1, 0.15) is 89.0 Å². The summed E-state index contributed by atoms with van der Waals surface area (Å²) in [6.07, 6.45) is 13.7. The zero-order valence-electron chi connectivity index (χ0n) is 15.9. The summed E-state index contributed by atoms with van der Waals surface area (Å²) in [4.78, 5) is 10.3. The predicted octanol–water partition coefficient (Wildman–Crippen LogP) is 7.02. The highest BCUT2D eigenvalue weighted by Crippen LogP contribution is 2.22. The Morgan fingerprint density at radius 2 is 1.15 bits per heavy atom. The van der Waals surface area contributed by atoms with Gasteiger partial charge in [0.25, 0.3) is 0 Å². The molecule has 1 aromatic carbocycles. The van der Waals surface area contributed by atoms with Gasteiger partial charge in [-0.2, -0.15) is 8.78 Å². The van der Waals surface area contributed by atoms with Crippen LogP contribution in [0.25, 0.3) is 0 Å². The Labute approximate surface area is 157 Å². The molecule has 0 spiro atoms. The molecule has 0 heterocycles. The molecule has 1 rings (SSSR count). The van der Waals surface area contributed by atoms with E-state index in [1.165, 1.54) is 56.9 Å². The summed E-state index contributed by atoms with van der Waals surface area (Å²) < 4.78 is 25.7. The lowest BCUT2D eigenvalue weighted by Crippen LogP contribution is -2.27. The number of halogens is 2. The minimum atomic E-state index is -3.55. The molecule has 0 amide bonds. The van der Waals surface area contributed by atoms with Gasteiger partial charge >= 0.3 is 11.9 Å². The predicted molar refractivity (Wildman–Crippen MR) is 103 cm³/mol. The van der Waals surface area contributed by atoms with Gasteiger partial charge in [-0.3, -0.25) is 0 Å². The van der Waals surface area contributed by atoms with E-state index in [2.05, 4.69) is 30.3 Å². The number of hydrogen-bond acceptors (Lipinski definition) is 1. The van der Waals surface area contributed by atoms with Gasteiger partial charge in [0.1, 0.15) is 0 Å². The molecule has 1 N–H and O–H groups in total. The molecule has 0 atom stereocenters. The highest BCUT2D eigenvalue weighted by atomic mass is 19.3. The molecule has 0 aliphatic heterocycles. The molecule has 0 radical (unpaired) electrons. The van der Waals surface area contributed by atoms with Gasteiger partial charge in [0, 0.05) is 6.42 Å². The first-order valence-corrected chi connectivity index (χ1v) is 10.2. The van der Waals surface area contributed by atoms with Crippen LogP contribution >= 0.6 is 0 Å². The van der Waals surface area contributed by atoms with Gasteiger partial charge in [-0.05, 0) is 24.8 Å². The number of carboxylic acids is 1. The Morgan fingerprint density at radius 1 is 0.731 bits per heavy atom. The number of carbonyl (C=O) groups is 1. The van der Waals surface area contributed by atoms with Gasteiger partial charge < -0.3 is 5.11 Å². The summed E-state index contributed by atoms with van der Waals surface area (Å²) in [7, 11) is 0. The molecule has 0 bridgehead atoms. The summed E-state index contributed by atoms with van der Waals surface area (Å²) in [6.45, 7) is 0. The van der Waals surface area contributed by atoms with E-state index in [1.807, 2.05) is 0 Å². The fraction of sp³-hybridized carbons (Fsp3) is 0.682. The molecule has 0 aromatic heterocycles. The zero-order chi connectivity index (χ0) is 19.1. The lowest BCUT2D eigenvalue weighted by Gasteiger charge is -2.10. The quantitative estimate of drug-likeness (QED) is 0.318.